The topological polar surface area (TPSA) is 70.0 Å². The van der Waals surface area contributed by atoms with Crippen molar-refractivity contribution in [3.05, 3.63) is 29.1 Å². The van der Waals surface area contributed by atoms with Crippen molar-refractivity contribution in [3.63, 3.8) is 0 Å². The summed E-state index contributed by atoms with van der Waals surface area (Å²) < 4.78 is 13.3. The van der Waals surface area contributed by atoms with Crippen LogP contribution in [-0.2, 0) is 0 Å². The largest absolute Gasteiger partial charge is 0.505 e. The molecule has 1 aromatic carbocycles. The molecule has 0 heterocycles. The fraction of sp³-hybridized carbons (Fsp3) is 0.417. The van der Waals surface area contributed by atoms with Gasteiger partial charge in [0.1, 0.15) is 0 Å². The van der Waals surface area contributed by atoms with Gasteiger partial charge in [0.15, 0.2) is 11.6 Å². The predicted molar refractivity (Wildman–Crippen MR) is 57.0 cm³/mol. The number of phenols is 1. The fourth-order valence-electron chi connectivity index (χ4n) is 1.81. The lowest BCUT2D eigenvalue weighted by molar-refractivity contribution is 0.416. The van der Waals surface area contributed by atoms with Crippen molar-refractivity contribution in [2.45, 2.75) is 25.3 Å². The minimum atomic E-state index is -0.778. The molecular weight excluding hydrogens is 207 g/mol. The smallest absolute Gasteiger partial charge is 0.166 e. The van der Waals surface area contributed by atoms with Crippen LogP contribution in [-0.4, -0.2) is 5.11 Å². The Morgan fingerprint density at radius 3 is 2.81 bits per heavy atom. The fourth-order valence-corrected chi connectivity index (χ4v) is 1.81. The van der Waals surface area contributed by atoms with E-state index in [0.29, 0.717) is 11.5 Å². The molecule has 3 N–H and O–H groups in total. The average Bonchev–Trinajstić information content (AvgIpc) is 3.05. The van der Waals surface area contributed by atoms with Crippen molar-refractivity contribution in [3.8, 4) is 11.8 Å². The Kier molecular flexibility index (Phi) is 2.80. The van der Waals surface area contributed by atoms with Gasteiger partial charge in [0, 0.05) is 11.6 Å². The van der Waals surface area contributed by atoms with E-state index in [9.17, 15) is 9.50 Å². The van der Waals surface area contributed by atoms with E-state index in [0.717, 1.165) is 25.3 Å². The summed E-state index contributed by atoms with van der Waals surface area (Å²) in [6.45, 7) is 0. The van der Waals surface area contributed by atoms with Crippen LogP contribution < -0.4 is 5.73 Å². The normalized spacial score (nSPS) is 16.8. The Morgan fingerprint density at radius 1 is 1.56 bits per heavy atom. The third-order valence-corrected chi connectivity index (χ3v) is 2.91. The lowest BCUT2D eigenvalue weighted by Crippen LogP contribution is -2.12. The summed E-state index contributed by atoms with van der Waals surface area (Å²) in [4.78, 5) is 0. The summed E-state index contributed by atoms with van der Waals surface area (Å²) in [5.74, 6) is -0.615. The first-order valence-corrected chi connectivity index (χ1v) is 5.30. The molecule has 0 spiro atoms. The van der Waals surface area contributed by atoms with Crippen LogP contribution in [0.1, 0.15) is 36.4 Å². The summed E-state index contributed by atoms with van der Waals surface area (Å²) in [7, 11) is 0. The van der Waals surface area contributed by atoms with E-state index in [1.807, 2.05) is 6.07 Å². The Balaban J connectivity index is 2.30. The Hall–Kier alpha value is -1.60. The molecule has 0 unspecified atom stereocenters. The Labute approximate surface area is 93.3 Å². The van der Waals surface area contributed by atoms with E-state index >= 15 is 0 Å². The summed E-state index contributed by atoms with van der Waals surface area (Å²) in [5.41, 5.74) is 6.42. The molecule has 84 valence electrons. The van der Waals surface area contributed by atoms with Gasteiger partial charge < -0.3 is 10.8 Å². The number of nitriles is 1. The highest BCUT2D eigenvalue weighted by Gasteiger charge is 2.26. The molecule has 0 aliphatic heterocycles. The number of rotatable bonds is 3. The van der Waals surface area contributed by atoms with Crippen LogP contribution in [0.5, 0.6) is 5.75 Å². The molecule has 3 nitrogen and oxygen atoms in total. The first kappa shape index (κ1) is 10.9. The number of benzene rings is 1. The number of phenolic OH excluding ortho intramolecular Hbond substituents is 1. The van der Waals surface area contributed by atoms with E-state index in [1.165, 1.54) is 6.07 Å². The van der Waals surface area contributed by atoms with Gasteiger partial charge in [0.05, 0.1) is 11.6 Å². The summed E-state index contributed by atoms with van der Waals surface area (Å²) in [6, 6.07) is 3.94. The first-order chi connectivity index (χ1) is 7.61. The van der Waals surface area contributed by atoms with Crippen molar-refractivity contribution in [1.82, 2.24) is 0 Å². The number of hydrogen-bond acceptors (Lipinski definition) is 3. The second-order valence-electron chi connectivity index (χ2n) is 4.29. The molecule has 1 aliphatic rings. The van der Waals surface area contributed by atoms with Gasteiger partial charge in [-0.05, 0) is 24.5 Å². The maximum Gasteiger partial charge on any atom is 0.166 e. The minimum Gasteiger partial charge on any atom is -0.505 e. The molecule has 0 aromatic heterocycles. The van der Waals surface area contributed by atoms with Crippen molar-refractivity contribution in [2.24, 2.45) is 11.7 Å². The van der Waals surface area contributed by atoms with Gasteiger partial charge in [-0.15, -0.1) is 0 Å². The van der Waals surface area contributed by atoms with Gasteiger partial charge in [-0.3, -0.25) is 0 Å². The second-order valence-corrected chi connectivity index (χ2v) is 4.29. The molecule has 0 radical (unpaired) electrons. The standard InChI is InChI=1S/C12H13FN2O/c13-10-4-8(6-14)3-9(12(10)16)11(15)5-7-1-2-7/h3-4,7,11,16H,1-2,5,15H2/t11-/m0/s1. The average molecular weight is 220 g/mol. The van der Waals surface area contributed by atoms with E-state index in [-0.39, 0.29) is 5.56 Å². The van der Waals surface area contributed by atoms with Crippen LogP contribution in [0.25, 0.3) is 0 Å². The van der Waals surface area contributed by atoms with Crippen LogP contribution in [0.4, 0.5) is 4.39 Å². The Bertz CT molecular complexity index is 449. The van der Waals surface area contributed by atoms with Gasteiger partial charge in [-0.1, -0.05) is 12.8 Å². The van der Waals surface area contributed by atoms with Crippen molar-refractivity contribution in [1.29, 1.82) is 5.26 Å². The molecule has 1 fully saturated rings. The van der Waals surface area contributed by atoms with Crippen LogP contribution in [0.3, 0.4) is 0 Å². The molecule has 16 heavy (non-hydrogen) atoms. The zero-order valence-electron chi connectivity index (χ0n) is 8.78. The number of halogens is 1. The summed E-state index contributed by atoms with van der Waals surface area (Å²) >= 11 is 0. The molecule has 0 bridgehead atoms. The van der Waals surface area contributed by atoms with E-state index < -0.39 is 17.6 Å². The van der Waals surface area contributed by atoms with E-state index in [4.69, 9.17) is 11.0 Å². The van der Waals surface area contributed by atoms with Gasteiger partial charge in [-0.25, -0.2) is 4.39 Å². The highest BCUT2D eigenvalue weighted by Crippen LogP contribution is 2.39. The highest BCUT2D eigenvalue weighted by atomic mass is 19.1. The molecule has 1 aromatic rings. The third kappa shape index (κ3) is 2.15. The van der Waals surface area contributed by atoms with E-state index in [1.54, 1.807) is 0 Å². The lowest BCUT2D eigenvalue weighted by atomic mass is 9.99. The number of nitrogens with two attached hydrogens (primary N) is 1. The van der Waals surface area contributed by atoms with Gasteiger partial charge >= 0.3 is 0 Å². The van der Waals surface area contributed by atoms with Crippen LogP contribution >= 0.6 is 0 Å². The molecule has 0 amide bonds. The van der Waals surface area contributed by atoms with Crippen molar-refractivity contribution < 1.29 is 9.50 Å². The minimum absolute atomic E-state index is 0.191. The van der Waals surface area contributed by atoms with Gasteiger partial charge in [-0.2, -0.15) is 5.26 Å². The predicted octanol–water partition coefficient (Wildman–Crippen LogP) is 2.20. The first-order valence-electron chi connectivity index (χ1n) is 5.30. The second kappa shape index (κ2) is 4.11. The molecule has 2 rings (SSSR count). The zero-order chi connectivity index (χ0) is 11.7. The zero-order valence-corrected chi connectivity index (χ0v) is 8.78. The van der Waals surface area contributed by atoms with Crippen LogP contribution in [0, 0.1) is 23.1 Å². The van der Waals surface area contributed by atoms with Crippen LogP contribution in [0.15, 0.2) is 12.1 Å². The van der Waals surface area contributed by atoms with Gasteiger partial charge in [0.25, 0.3) is 0 Å². The molecule has 4 heteroatoms. The molecule has 1 aliphatic carbocycles. The monoisotopic (exact) mass is 220 g/mol. The van der Waals surface area contributed by atoms with Gasteiger partial charge in [0.2, 0.25) is 0 Å². The SMILES string of the molecule is N#Cc1cc(F)c(O)c([C@@H](N)CC2CC2)c1. The maximum atomic E-state index is 13.3. The number of hydrogen-bond donors (Lipinski definition) is 2. The summed E-state index contributed by atoms with van der Waals surface area (Å²) in [6.07, 6.45) is 3.03. The third-order valence-electron chi connectivity index (χ3n) is 2.91. The Morgan fingerprint density at radius 2 is 2.25 bits per heavy atom. The molecule has 1 saturated carbocycles. The number of aromatic hydroxyl groups is 1. The molecular formula is C12H13FN2O. The highest BCUT2D eigenvalue weighted by molar-refractivity contribution is 5.44. The molecule has 0 saturated heterocycles. The number of nitrogens with zero attached hydrogens (tertiary/aromatic N) is 1. The lowest BCUT2D eigenvalue weighted by Gasteiger charge is -2.13. The maximum absolute atomic E-state index is 13.3. The van der Waals surface area contributed by atoms with Crippen molar-refractivity contribution in [2.75, 3.05) is 0 Å². The quantitative estimate of drug-likeness (QED) is 0.820. The van der Waals surface area contributed by atoms with E-state index in [2.05, 4.69) is 0 Å². The van der Waals surface area contributed by atoms with Crippen LogP contribution in [0.2, 0.25) is 0 Å². The summed E-state index contributed by atoms with van der Waals surface area (Å²) in [5, 5.41) is 18.3. The molecule has 1 atom stereocenters. The van der Waals surface area contributed by atoms with Crippen molar-refractivity contribution >= 4 is 0 Å².